The van der Waals surface area contributed by atoms with Crippen LogP contribution in [-0.4, -0.2) is 234 Å². The quantitative estimate of drug-likeness (QED) is 0.109. The molecule has 5 saturated carbocycles. The van der Waals surface area contributed by atoms with Gasteiger partial charge in [-0.2, -0.15) is 0 Å². The average molecular weight is 1110 g/mol. The number of ether oxygens (including phenoxy) is 10. The molecule has 30 atom stereocenters. The highest BCUT2D eigenvalue weighted by molar-refractivity contribution is 5.29. The van der Waals surface area contributed by atoms with Gasteiger partial charge in [0.05, 0.1) is 62.0 Å². The largest absolute Gasteiger partial charge is 0.394 e. The predicted octanol–water partition coefficient (Wildman–Crippen LogP) is -0.526. The minimum Gasteiger partial charge on any atom is -0.394 e. The summed E-state index contributed by atoms with van der Waals surface area (Å²) in [7, 11) is 0. The van der Waals surface area contributed by atoms with Gasteiger partial charge in [-0.15, -0.1) is 0 Å². The number of aliphatic hydroxyl groups excluding tert-OH is 12. The van der Waals surface area contributed by atoms with Crippen LogP contribution in [-0.2, 0) is 47.4 Å². The van der Waals surface area contributed by atoms with Gasteiger partial charge in [0, 0.05) is 16.7 Å². The molecule has 5 heterocycles. The molecule has 0 aromatic rings. The van der Waals surface area contributed by atoms with Gasteiger partial charge >= 0.3 is 0 Å². The normalized spacial score (nSPS) is 57.4. The molecular formula is C55H92O22. The van der Waals surface area contributed by atoms with Gasteiger partial charge in [0.1, 0.15) is 85.5 Å². The Morgan fingerprint density at radius 1 is 0.545 bits per heavy atom. The van der Waals surface area contributed by atoms with Gasteiger partial charge < -0.3 is 109 Å². The number of hydrogen-bond donors (Lipinski definition) is 12. The van der Waals surface area contributed by atoms with Gasteiger partial charge in [0.25, 0.3) is 0 Å². The first kappa shape index (κ1) is 59.3. The summed E-state index contributed by atoms with van der Waals surface area (Å²) in [4.78, 5) is 0. The minimum absolute atomic E-state index is 0.0839. The Hall–Kier alpha value is -0.880. The van der Waals surface area contributed by atoms with Crippen molar-refractivity contribution in [2.24, 2.45) is 44.8 Å². The van der Waals surface area contributed by atoms with Crippen molar-refractivity contribution in [3.05, 3.63) is 0 Å². The Morgan fingerprint density at radius 2 is 1.16 bits per heavy atom. The molecule has 0 aromatic carbocycles. The third-order valence-corrected chi connectivity index (χ3v) is 22.5. The molecule has 10 rings (SSSR count). The Morgan fingerprint density at radius 3 is 1.83 bits per heavy atom. The summed E-state index contributed by atoms with van der Waals surface area (Å²) in [6.07, 6.45) is -23.2. The van der Waals surface area contributed by atoms with E-state index in [1.165, 1.54) is 6.92 Å². The SMILES string of the molecule is CC(C)O[C@@]1(C)CC[C@]23CO[C@@]4(CC[C@H]5[C@@]6(C)CC[C@H](O[C@@H]7OC[C@H](O[C@@H]8O[C@H](CO)[C@@H](O)[C@H](O)[C@H]8O)[C@H](O)[C@H]7O[C@@H]7O[C@H](CO)[C@@H](O[C@@H]8O[C@@H](C)[C@H](O)[C@@H](O)[C@H]8O)[C@H](O)[C@H]7O)C(C)(C)[C@H]6CC[C@@]5(C)[C@]4(C)C[C@H]2O)[C@@H]3C1. The second-order valence-electron chi connectivity index (χ2n) is 27.1. The molecule has 5 aliphatic heterocycles. The van der Waals surface area contributed by atoms with Crippen LogP contribution in [0.25, 0.3) is 0 Å². The van der Waals surface area contributed by atoms with Crippen LogP contribution in [0.1, 0.15) is 127 Å². The van der Waals surface area contributed by atoms with Crippen molar-refractivity contribution in [2.75, 3.05) is 26.4 Å². The molecule has 5 aliphatic carbocycles. The summed E-state index contributed by atoms with van der Waals surface area (Å²) < 4.78 is 62.8. The van der Waals surface area contributed by atoms with Crippen LogP contribution >= 0.6 is 0 Å². The van der Waals surface area contributed by atoms with E-state index in [2.05, 4.69) is 55.4 Å². The summed E-state index contributed by atoms with van der Waals surface area (Å²) in [6.45, 7) is 18.3. The van der Waals surface area contributed by atoms with E-state index < -0.39 is 153 Å². The van der Waals surface area contributed by atoms with Gasteiger partial charge in [-0.05, 0) is 120 Å². The van der Waals surface area contributed by atoms with Gasteiger partial charge in [-0.25, -0.2) is 0 Å². The topological polar surface area (TPSA) is 335 Å². The van der Waals surface area contributed by atoms with Crippen LogP contribution in [0.4, 0.5) is 0 Å². The molecule has 0 radical (unpaired) electrons. The van der Waals surface area contributed by atoms with Crippen molar-refractivity contribution >= 4 is 0 Å². The van der Waals surface area contributed by atoms with Crippen molar-refractivity contribution in [2.45, 2.75) is 273 Å². The maximum atomic E-state index is 12.5. The second-order valence-corrected chi connectivity index (χ2v) is 27.1. The van der Waals surface area contributed by atoms with Gasteiger partial charge in [0.2, 0.25) is 0 Å². The predicted molar refractivity (Wildman–Crippen MR) is 266 cm³/mol. The van der Waals surface area contributed by atoms with E-state index in [-0.39, 0.29) is 57.7 Å². The zero-order valence-electron chi connectivity index (χ0n) is 46.3. The lowest BCUT2D eigenvalue weighted by Crippen LogP contribution is -2.74. The first-order valence-corrected chi connectivity index (χ1v) is 28.6. The first-order chi connectivity index (χ1) is 36.1. The van der Waals surface area contributed by atoms with Crippen LogP contribution in [0.2, 0.25) is 0 Å². The zero-order valence-corrected chi connectivity index (χ0v) is 46.3. The Balaban J connectivity index is 0.892. The number of aliphatic hydroxyl groups is 12. The highest BCUT2D eigenvalue weighted by atomic mass is 16.8. The molecule has 0 unspecified atom stereocenters. The Bertz CT molecular complexity index is 2070. The Labute approximate surface area is 451 Å². The van der Waals surface area contributed by atoms with Crippen molar-refractivity contribution in [3.8, 4) is 0 Å². The summed E-state index contributed by atoms with van der Waals surface area (Å²) >= 11 is 0. The number of hydrogen-bond acceptors (Lipinski definition) is 22. The summed E-state index contributed by atoms with van der Waals surface area (Å²) in [5, 5.41) is 132. The van der Waals surface area contributed by atoms with Crippen LogP contribution in [0, 0.1) is 44.8 Å². The van der Waals surface area contributed by atoms with Crippen molar-refractivity contribution in [1.29, 1.82) is 0 Å². The molecule has 22 nitrogen and oxygen atoms in total. The number of fused-ring (bicyclic) bond motifs is 4. The van der Waals surface area contributed by atoms with Crippen molar-refractivity contribution < 1.29 is 109 Å². The maximum absolute atomic E-state index is 12.5. The molecule has 444 valence electrons. The molecule has 2 bridgehead atoms. The van der Waals surface area contributed by atoms with Gasteiger partial charge in [-0.3, -0.25) is 0 Å². The fourth-order valence-corrected chi connectivity index (χ4v) is 18.1. The van der Waals surface area contributed by atoms with E-state index in [1.807, 2.05) is 0 Å². The average Bonchev–Trinajstić information content (AvgIpc) is 3.42. The Kier molecular flexibility index (Phi) is 16.2. The summed E-state index contributed by atoms with van der Waals surface area (Å²) in [5.41, 5.74) is -2.15. The first-order valence-electron chi connectivity index (χ1n) is 28.6. The fourth-order valence-electron chi connectivity index (χ4n) is 18.1. The molecule has 5 saturated heterocycles. The number of rotatable bonds is 12. The second kappa shape index (κ2) is 21.0. The summed E-state index contributed by atoms with van der Waals surface area (Å²) in [6, 6.07) is 0. The van der Waals surface area contributed by atoms with Crippen LogP contribution in [0.5, 0.6) is 0 Å². The highest BCUT2D eigenvalue weighted by Gasteiger charge is 2.80. The maximum Gasteiger partial charge on any atom is 0.187 e. The van der Waals surface area contributed by atoms with E-state index in [4.69, 9.17) is 47.4 Å². The van der Waals surface area contributed by atoms with Crippen molar-refractivity contribution in [3.63, 3.8) is 0 Å². The van der Waals surface area contributed by atoms with Crippen LogP contribution in [0.3, 0.4) is 0 Å². The van der Waals surface area contributed by atoms with Gasteiger partial charge in [-0.1, -0.05) is 34.6 Å². The van der Waals surface area contributed by atoms with E-state index in [0.717, 1.165) is 51.4 Å². The standard InChI is InChI=1S/C55H92O22/c1-24(2)77-50(6)16-17-54-23-69-55(31(54)18-50)15-11-30-51(7)13-12-33(49(4,5)29(51)10-14-52(30,8)53(55,9)19-32(54)58)74-48-44(36(61)28(22-68-48)73-46-41(66)38(63)35(60)26(20-56)71-46)76-47-42(67)39(64)43(27(21-57)72-47)75-45-40(65)37(62)34(59)25(3)70-45/h24-48,56-67H,10-23H2,1-9H3/t25-,26+,27+,28-,29+,30-,31+,32+,33-,34-,35+,36-,37+,38-,39+,40+,41+,42+,43+,44+,45-,46-,47-,48-,50-,51-,52+,53-,54+,55-/m0/s1. The highest BCUT2D eigenvalue weighted by Crippen LogP contribution is 2.80. The molecule has 0 aromatic heterocycles. The monoisotopic (exact) mass is 1100 g/mol. The third-order valence-electron chi connectivity index (χ3n) is 22.5. The van der Waals surface area contributed by atoms with Crippen LogP contribution in [0.15, 0.2) is 0 Å². The third kappa shape index (κ3) is 9.18. The molecule has 0 amide bonds. The molecular weight excluding hydrogens is 1010 g/mol. The van der Waals surface area contributed by atoms with Crippen LogP contribution < -0.4 is 0 Å². The fraction of sp³-hybridized carbons (Fsp3) is 1.00. The lowest BCUT2D eigenvalue weighted by atomic mass is 9.30. The van der Waals surface area contributed by atoms with E-state index >= 15 is 0 Å². The lowest BCUT2D eigenvalue weighted by molar-refractivity contribution is -0.392. The minimum atomic E-state index is -1.96. The lowest BCUT2D eigenvalue weighted by Gasteiger charge is -2.75. The van der Waals surface area contributed by atoms with E-state index in [9.17, 15) is 61.3 Å². The molecule has 77 heavy (non-hydrogen) atoms. The zero-order chi connectivity index (χ0) is 55.9. The molecule has 10 aliphatic rings. The van der Waals surface area contributed by atoms with E-state index in [0.29, 0.717) is 19.4 Å². The summed E-state index contributed by atoms with van der Waals surface area (Å²) in [5.74, 6) is 0.603. The molecule has 10 fully saturated rings. The molecule has 22 heteroatoms. The van der Waals surface area contributed by atoms with Gasteiger partial charge in [0.15, 0.2) is 25.2 Å². The molecule has 12 N–H and O–H groups in total. The van der Waals surface area contributed by atoms with Crippen molar-refractivity contribution in [1.82, 2.24) is 0 Å². The smallest absolute Gasteiger partial charge is 0.187 e. The molecule has 1 spiro atoms. The van der Waals surface area contributed by atoms with E-state index in [1.54, 1.807) is 0 Å².